The number of nitrogens with zero attached hydrogens (tertiary/aromatic N) is 4. The van der Waals surface area contributed by atoms with E-state index in [1.165, 1.54) is 25.7 Å². The Kier molecular flexibility index (Phi) is 5.15. The lowest BCUT2D eigenvalue weighted by molar-refractivity contribution is 0.149. The molecule has 0 aromatic carbocycles. The third-order valence-electron chi connectivity index (χ3n) is 7.64. The molecule has 2 saturated carbocycles. The summed E-state index contributed by atoms with van der Waals surface area (Å²) < 4.78 is 0. The van der Waals surface area contributed by atoms with Gasteiger partial charge in [0, 0.05) is 39.3 Å². The molecule has 4 rings (SSSR count). The van der Waals surface area contributed by atoms with E-state index in [1.54, 1.807) is 23.9 Å². The number of hydrogen-bond donors (Lipinski definition) is 1. The van der Waals surface area contributed by atoms with Gasteiger partial charge in [0.25, 0.3) is 0 Å². The first kappa shape index (κ1) is 19.4. The van der Waals surface area contributed by atoms with E-state index in [1.807, 2.05) is 4.90 Å². The number of nitriles is 1. The highest BCUT2D eigenvalue weighted by Gasteiger charge is 2.54. The van der Waals surface area contributed by atoms with Crippen molar-refractivity contribution in [2.45, 2.75) is 62.9 Å². The topological polar surface area (TPSA) is 79.7 Å². The number of rotatable bonds is 2. The normalized spacial score (nSPS) is 35.1. The zero-order valence-corrected chi connectivity index (χ0v) is 17.2. The molecular weight excluding hydrogens is 354 g/mol. The number of hydrogen-bond acceptors (Lipinski definition) is 3. The van der Waals surface area contributed by atoms with Gasteiger partial charge >= 0.3 is 12.1 Å². The van der Waals surface area contributed by atoms with Crippen molar-refractivity contribution in [1.82, 2.24) is 20.0 Å². The first-order valence-corrected chi connectivity index (χ1v) is 10.9. The van der Waals surface area contributed by atoms with E-state index in [9.17, 15) is 14.9 Å². The van der Waals surface area contributed by atoms with Crippen molar-refractivity contribution in [1.29, 1.82) is 5.26 Å². The van der Waals surface area contributed by atoms with Gasteiger partial charge in [0.1, 0.15) is 6.04 Å². The Labute approximate surface area is 168 Å². The lowest BCUT2D eigenvalue weighted by Gasteiger charge is -2.39. The fourth-order valence-corrected chi connectivity index (χ4v) is 6.30. The fourth-order valence-electron chi connectivity index (χ4n) is 6.30. The average molecular weight is 388 g/mol. The third-order valence-corrected chi connectivity index (χ3v) is 7.64. The largest absolute Gasteiger partial charge is 0.332 e. The lowest BCUT2D eigenvalue weighted by Crippen LogP contribution is -2.57. The van der Waals surface area contributed by atoms with Gasteiger partial charge in [-0.2, -0.15) is 5.26 Å². The molecule has 1 N–H and O–H groups in total. The molecule has 2 aliphatic heterocycles. The van der Waals surface area contributed by atoms with E-state index in [2.05, 4.69) is 11.4 Å². The summed E-state index contributed by atoms with van der Waals surface area (Å²) >= 11 is 0. The number of nitrogens with one attached hydrogen (secondary N) is 1. The summed E-state index contributed by atoms with van der Waals surface area (Å²) in [5, 5.41) is 12.8. The summed E-state index contributed by atoms with van der Waals surface area (Å²) in [6.45, 7) is 2.29. The van der Waals surface area contributed by atoms with Crippen LogP contribution in [0.3, 0.4) is 0 Å². The minimum atomic E-state index is -0.283. The third kappa shape index (κ3) is 3.31. The molecule has 7 heteroatoms. The molecule has 28 heavy (non-hydrogen) atoms. The molecule has 2 aliphatic carbocycles. The molecule has 2 heterocycles. The van der Waals surface area contributed by atoms with Crippen molar-refractivity contribution >= 4 is 12.1 Å². The Morgan fingerprint density at radius 2 is 1.71 bits per heavy atom. The summed E-state index contributed by atoms with van der Waals surface area (Å²) in [6, 6.07) is 2.06. The maximum atomic E-state index is 13.1. The van der Waals surface area contributed by atoms with E-state index in [0.717, 1.165) is 38.8 Å². The summed E-state index contributed by atoms with van der Waals surface area (Å²) in [7, 11) is 3.61. The maximum Gasteiger partial charge on any atom is 0.319 e. The quantitative estimate of drug-likeness (QED) is 0.791. The van der Waals surface area contributed by atoms with Crippen molar-refractivity contribution < 1.29 is 9.59 Å². The summed E-state index contributed by atoms with van der Waals surface area (Å²) in [4.78, 5) is 30.8. The first-order chi connectivity index (χ1) is 13.4. The van der Waals surface area contributed by atoms with Crippen molar-refractivity contribution in [3.63, 3.8) is 0 Å². The van der Waals surface area contributed by atoms with Gasteiger partial charge in [0.15, 0.2) is 0 Å². The van der Waals surface area contributed by atoms with Crippen LogP contribution < -0.4 is 5.32 Å². The SMILES string of the molecule is CN(C)C(=O)N1C[C@@H]2CC(NC(=O)N3CCC[C@H]3C#N)(C3CCCC3)C[C@@H]2C1. The molecule has 4 amide bonds. The monoisotopic (exact) mass is 387 g/mol. The predicted molar refractivity (Wildman–Crippen MR) is 105 cm³/mol. The molecular formula is C21H33N5O2. The van der Waals surface area contributed by atoms with Crippen molar-refractivity contribution in [3.05, 3.63) is 0 Å². The first-order valence-electron chi connectivity index (χ1n) is 10.9. The highest BCUT2D eigenvalue weighted by atomic mass is 16.2. The van der Waals surface area contributed by atoms with Crippen LogP contribution >= 0.6 is 0 Å². The maximum absolute atomic E-state index is 13.1. The van der Waals surface area contributed by atoms with Crippen LogP contribution in [0.15, 0.2) is 0 Å². The molecule has 0 radical (unpaired) electrons. The van der Waals surface area contributed by atoms with Crippen LogP contribution in [0.5, 0.6) is 0 Å². The van der Waals surface area contributed by atoms with Crippen LogP contribution in [0.4, 0.5) is 9.59 Å². The van der Waals surface area contributed by atoms with Crippen LogP contribution in [-0.4, -0.2) is 72.1 Å². The van der Waals surface area contributed by atoms with Crippen molar-refractivity contribution in [2.24, 2.45) is 17.8 Å². The van der Waals surface area contributed by atoms with Gasteiger partial charge in [-0.05, 0) is 56.3 Å². The van der Waals surface area contributed by atoms with Gasteiger partial charge < -0.3 is 20.0 Å². The fraction of sp³-hybridized carbons (Fsp3) is 0.857. The zero-order chi connectivity index (χ0) is 19.9. The molecule has 0 aromatic rings. The molecule has 4 aliphatic rings. The second-order valence-corrected chi connectivity index (χ2v) is 9.56. The van der Waals surface area contributed by atoms with E-state index in [4.69, 9.17) is 0 Å². The second-order valence-electron chi connectivity index (χ2n) is 9.56. The van der Waals surface area contributed by atoms with Gasteiger partial charge in [-0.3, -0.25) is 0 Å². The Morgan fingerprint density at radius 3 is 2.29 bits per heavy atom. The minimum Gasteiger partial charge on any atom is -0.332 e. The summed E-state index contributed by atoms with van der Waals surface area (Å²) in [5.41, 5.74) is -0.154. The van der Waals surface area contributed by atoms with E-state index >= 15 is 0 Å². The molecule has 1 unspecified atom stereocenters. The standard InChI is InChI=1S/C21H33N5O2/c1-24(2)20(28)25-13-15-10-21(11-16(15)14-25,17-6-3-4-7-17)23-19(27)26-9-5-8-18(26)12-22/h15-18H,3-11,13-14H2,1-2H3,(H,23,27)/t15-,16+,18-,21?/m0/s1. The number of carbonyl (C=O) groups is 2. The smallest absolute Gasteiger partial charge is 0.319 e. The number of carbonyl (C=O) groups excluding carboxylic acids is 2. The Morgan fingerprint density at radius 1 is 1.07 bits per heavy atom. The molecule has 0 aromatic heterocycles. The number of fused-ring (bicyclic) bond motifs is 1. The summed E-state index contributed by atoms with van der Waals surface area (Å²) in [6.07, 6.45) is 8.49. The van der Waals surface area contributed by atoms with Crippen LogP contribution in [0, 0.1) is 29.1 Å². The molecule has 0 bridgehead atoms. The molecule has 0 spiro atoms. The van der Waals surface area contributed by atoms with Crippen LogP contribution in [0.2, 0.25) is 0 Å². The van der Waals surface area contributed by atoms with Gasteiger partial charge in [0.2, 0.25) is 0 Å². The predicted octanol–water partition coefficient (Wildman–Crippen LogP) is 2.64. The van der Waals surface area contributed by atoms with Gasteiger partial charge in [0.05, 0.1) is 6.07 Å². The van der Waals surface area contributed by atoms with E-state index in [0.29, 0.717) is 24.3 Å². The second kappa shape index (κ2) is 7.46. The minimum absolute atomic E-state index is 0.0443. The number of urea groups is 2. The molecule has 4 atom stereocenters. The zero-order valence-electron chi connectivity index (χ0n) is 17.2. The van der Waals surface area contributed by atoms with Crippen molar-refractivity contribution in [3.8, 4) is 6.07 Å². The van der Waals surface area contributed by atoms with E-state index in [-0.39, 0.29) is 23.6 Å². The number of likely N-dealkylation sites (tertiary alicyclic amines) is 2. The van der Waals surface area contributed by atoms with Gasteiger partial charge in [-0.1, -0.05) is 12.8 Å². The van der Waals surface area contributed by atoms with E-state index < -0.39 is 0 Å². The van der Waals surface area contributed by atoms with Crippen LogP contribution in [0.1, 0.15) is 51.4 Å². The lowest BCUT2D eigenvalue weighted by atomic mass is 9.79. The van der Waals surface area contributed by atoms with Crippen LogP contribution in [-0.2, 0) is 0 Å². The van der Waals surface area contributed by atoms with Gasteiger partial charge in [-0.15, -0.1) is 0 Å². The molecule has 2 saturated heterocycles. The summed E-state index contributed by atoms with van der Waals surface area (Å²) in [5.74, 6) is 1.47. The van der Waals surface area contributed by atoms with Crippen molar-refractivity contribution in [2.75, 3.05) is 33.7 Å². The molecule has 4 fully saturated rings. The number of amides is 4. The highest BCUT2D eigenvalue weighted by molar-refractivity contribution is 5.76. The highest BCUT2D eigenvalue weighted by Crippen LogP contribution is 2.51. The average Bonchev–Trinajstić information content (AvgIpc) is 3.42. The van der Waals surface area contributed by atoms with Crippen LogP contribution in [0.25, 0.3) is 0 Å². The molecule has 154 valence electrons. The Bertz CT molecular complexity index is 652. The van der Waals surface area contributed by atoms with Gasteiger partial charge in [-0.25, -0.2) is 9.59 Å². The molecule has 7 nitrogen and oxygen atoms in total. The Hall–Kier alpha value is -1.97. The Balaban J connectivity index is 1.48.